The number of hydrogen-bond acceptors (Lipinski definition) is 5. The number of benzene rings is 1. The summed E-state index contributed by atoms with van der Waals surface area (Å²) in [5.74, 6) is 0.575. The minimum Gasteiger partial charge on any atom is -0.492 e. The minimum atomic E-state index is 0.156. The van der Waals surface area contributed by atoms with Crippen LogP contribution in [0.25, 0.3) is 0 Å². The lowest BCUT2D eigenvalue weighted by molar-refractivity contribution is 0.342. The highest BCUT2D eigenvalue weighted by Gasteiger charge is 2.08. The second kappa shape index (κ2) is 6.24. The van der Waals surface area contributed by atoms with Crippen LogP contribution in [-0.2, 0) is 0 Å². The molecule has 5 nitrogen and oxygen atoms in total. The average molecular weight is 230 g/mol. The van der Waals surface area contributed by atoms with E-state index >= 15 is 0 Å². The Hall–Kier alpha value is -2.40. The lowest BCUT2D eigenvalue weighted by Gasteiger charge is -2.19. The quantitative estimate of drug-likeness (QED) is 0.612. The molecule has 17 heavy (non-hydrogen) atoms. The maximum absolute atomic E-state index is 8.69. The van der Waals surface area contributed by atoms with Gasteiger partial charge in [0, 0.05) is 11.8 Å². The highest BCUT2D eigenvalue weighted by atomic mass is 16.5. The van der Waals surface area contributed by atoms with E-state index in [2.05, 4.69) is 0 Å². The predicted octanol–water partition coefficient (Wildman–Crippen LogP) is 1.52. The molecule has 0 radical (unpaired) electrons. The molecule has 1 rings (SSSR count). The average Bonchev–Trinajstić information content (AvgIpc) is 2.32. The second-order valence-corrected chi connectivity index (χ2v) is 3.33. The summed E-state index contributed by atoms with van der Waals surface area (Å²) in [6, 6.07) is 9.26. The summed E-state index contributed by atoms with van der Waals surface area (Å²) >= 11 is 0. The van der Waals surface area contributed by atoms with Gasteiger partial charge in [-0.05, 0) is 19.1 Å². The Kier molecular flexibility index (Phi) is 4.65. The summed E-state index contributed by atoms with van der Waals surface area (Å²) < 4.78 is 5.37. The topological polar surface area (TPSA) is 86.1 Å². The summed E-state index contributed by atoms with van der Waals surface area (Å²) in [5, 5.41) is 17.4. The molecule has 0 saturated carbocycles. The van der Waals surface area contributed by atoms with E-state index in [1.165, 1.54) is 0 Å². The molecular weight excluding hydrogens is 216 g/mol. The predicted molar refractivity (Wildman–Crippen MR) is 65.5 cm³/mol. The van der Waals surface area contributed by atoms with Gasteiger partial charge in [0.1, 0.15) is 18.8 Å². The van der Waals surface area contributed by atoms with Crippen LogP contribution in [0.2, 0.25) is 0 Å². The fourth-order valence-electron chi connectivity index (χ4n) is 1.41. The summed E-state index contributed by atoms with van der Waals surface area (Å²) in [6.07, 6.45) is 0. The number of anilines is 2. The largest absolute Gasteiger partial charge is 0.492 e. The van der Waals surface area contributed by atoms with E-state index in [-0.39, 0.29) is 13.1 Å². The fraction of sp³-hybridized carbons (Fsp3) is 0.333. The molecule has 5 heteroatoms. The summed E-state index contributed by atoms with van der Waals surface area (Å²) in [7, 11) is 0. The van der Waals surface area contributed by atoms with E-state index in [0.29, 0.717) is 18.0 Å². The van der Waals surface area contributed by atoms with E-state index in [4.69, 9.17) is 21.0 Å². The monoisotopic (exact) mass is 230 g/mol. The lowest BCUT2D eigenvalue weighted by Crippen LogP contribution is -2.23. The van der Waals surface area contributed by atoms with Crippen molar-refractivity contribution in [2.75, 3.05) is 30.3 Å². The van der Waals surface area contributed by atoms with Crippen LogP contribution in [-0.4, -0.2) is 19.7 Å². The van der Waals surface area contributed by atoms with E-state index in [0.717, 1.165) is 5.69 Å². The first kappa shape index (κ1) is 12.7. The molecule has 0 spiro atoms. The maximum atomic E-state index is 8.69. The molecule has 0 atom stereocenters. The molecule has 0 aromatic heterocycles. The van der Waals surface area contributed by atoms with Crippen molar-refractivity contribution < 1.29 is 4.74 Å². The molecule has 88 valence electrons. The van der Waals surface area contributed by atoms with Crippen LogP contribution < -0.4 is 15.4 Å². The lowest BCUT2D eigenvalue weighted by atomic mass is 10.2. The van der Waals surface area contributed by atoms with Crippen LogP contribution in [0.4, 0.5) is 11.4 Å². The van der Waals surface area contributed by atoms with E-state index < -0.39 is 0 Å². The summed E-state index contributed by atoms with van der Waals surface area (Å²) in [6.45, 7) is 2.70. The van der Waals surface area contributed by atoms with Gasteiger partial charge >= 0.3 is 0 Å². The van der Waals surface area contributed by atoms with Crippen molar-refractivity contribution in [3.63, 3.8) is 0 Å². The molecule has 0 fully saturated rings. The Morgan fingerprint density at radius 3 is 2.47 bits per heavy atom. The molecule has 0 aliphatic rings. The standard InChI is InChI=1S/C12H14N4O/c1-2-17-12-9-10(3-4-11(12)15)16(7-5-13)8-6-14/h3-4,9H,2,7-8,15H2,1H3. The molecule has 0 saturated heterocycles. The van der Waals surface area contributed by atoms with E-state index in [9.17, 15) is 0 Å². The SMILES string of the molecule is CCOc1cc(N(CC#N)CC#N)ccc1N. The van der Waals surface area contributed by atoms with Crippen LogP contribution >= 0.6 is 0 Å². The molecule has 0 heterocycles. The van der Waals surface area contributed by atoms with Crippen molar-refractivity contribution in [1.29, 1.82) is 10.5 Å². The fourth-order valence-corrected chi connectivity index (χ4v) is 1.41. The Labute approximate surface area is 101 Å². The Morgan fingerprint density at radius 2 is 1.94 bits per heavy atom. The van der Waals surface area contributed by atoms with Crippen LogP contribution in [0.1, 0.15) is 6.92 Å². The normalized spacial score (nSPS) is 9.12. The highest BCUT2D eigenvalue weighted by molar-refractivity contribution is 5.62. The van der Waals surface area contributed by atoms with Crippen molar-refractivity contribution in [2.45, 2.75) is 6.92 Å². The second-order valence-electron chi connectivity index (χ2n) is 3.33. The molecule has 0 amide bonds. The van der Waals surface area contributed by atoms with Crippen molar-refractivity contribution >= 4 is 11.4 Å². The Bertz CT molecular complexity index is 443. The molecular formula is C12H14N4O. The maximum Gasteiger partial charge on any atom is 0.144 e. The number of nitrogens with two attached hydrogens (primary N) is 1. The first-order chi connectivity index (χ1) is 8.22. The van der Waals surface area contributed by atoms with Gasteiger partial charge in [-0.1, -0.05) is 0 Å². The number of hydrogen-bond donors (Lipinski definition) is 1. The molecule has 0 aliphatic heterocycles. The first-order valence-corrected chi connectivity index (χ1v) is 5.24. The van der Waals surface area contributed by atoms with Crippen molar-refractivity contribution in [3.05, 3.63) is 18.2 Å². The molecule has 0 aliphatic carbocycles. The highest BCUT2D eigenvalue weighted by Crippen LogP contribution is 2.27. The van der Waals surface area contributed by atoms with Crippen molar-refractivity contribution in [1.82, 2.24) is 0 Å². The van der Waals surface area contributed by atoms with Crippen LogP contribution in [0.3, 0.4) is 0 Å². The number of nitrogen functional groups attached to an aromatic ring is 1. The number of rotatable bonds is 5. The van der Waals surface area contributed by atoms with Crippen molar-refractivity contribution in [2.24, 2.45) is 0 Å². The molecule has 1 aromatic carbocycles. The summed E-state index contributed by atoms with van der Waals surface area (Å²) in [5.41, 5.74) is 7.05. The van der Waals surface area contributed by atoms with Crippen LogP contribution in [0.5, 0.6) is 5.75 Å². The van der Waals surface area contributed by atoms with Gasteiger partial charge in [-0.2, -0.15) is 10.5 Å². The zero-order chi connectivity index (χ0) is 12.7. The molecule has 0 bridgehead atoms. The van der Waals surface area contributed by atoms with E-state index in [1.807, 2.05) is 19.1 Å². The smallest absolute Gasteiger partial charge is 0.144 e. The van der Waals surface area contributed by atoms with Gasteiger partial charge < -0.3 is 15.4 Å². The third-order valence-corrected chi connectivity index (χ3v) is 2.19. The van der Waals surface area contributed by atoms with Gasteiger partial charge in [-0.3, -0.25) is 0 Å². The van der Waals surface area contributed by atoms with Gasteiger partial charge in [-0.15, -0.1) is 0 Å². The Morgan fingerprint density at radius 1 is 1.29 bits per heavy atom. The zero-order valence-electron chi connectivity index (χ0n) is 9.68. The zero-order valence-corrected chi connectivity index (χ0v) is 9.68. The van der Waals surface area contributed by atoms with Crippen LogP contribution in [0.15, 0.2) is 18.2 Å². The summed E-state index contributed by atoms with van der Waals surface area (Å²) in [4.78, 5) is 1.65. The first-order valence-electron chi connectivity index (χ1n) is 5.24. The molecule has 1 aromatic rings. The van der Waals surface area contributed by atoms with Gasteiger partial charge in [-0.25, -0.2) is 0 Å². The van der Waals surface area contributed by atoms with Gasteiger partial charge in [0.05, 0.1) is 24.4 Å². The minimum absolute atomic E-state index is 0.156. The van der Waals surface area contributed by atoms with Crippen molar-refractivity contribution in [3.8, 4) is 17.9 Å². The molecule has 2 N–H and O–H groups in total. The third-order valence-electron chi connectivity index (χ3n) is 2.19. The van der Waals surface area contributed by atoms with Gasteiger partial charge in [0.15, 0.2) is 0 Å². The molecule has 0 unspecified atom stereocenters. The van der Waals surface area contributed by atoms with Crippen LogP contribution in [0, 0.1) is 22.7 Å². The number of ether oxygens (including phenoxy) is 1. The number of nitriles is 2. The third kappa shape index (κ3) is 3.29. The van der Waals surface area contributed by atoms with Gasteiger partial charge in [0.2, 0.25) is 0 Å². The number of nitrogens with zero attached hydrogens (tertiary/aromatic N) is 3. The Balaban J connectivity index is 3.00. The van der Waals surface area contributed by atoms with E-state index in [1.54, 1.807) is 23.1 Å². The van der Waals surface area contributed by atoms with Gasteiger partial charge in [0.25, 0.3) is 0 Å².